The molecule has 84 valence electrons. The van der Waals surface area contributed by atoms with Crippen molar-refractivity contribution in [2.75, 3.05) is 7.11 Å². The lowest BCUT2D eigenvalue weighted by atomic mass is 10.2. The highest BCUT2D eigenvalue weighted by Crippen LogP contribution is 2.21. The van der Waals surface area contributed by atoms with Crippen LogP contribution in [0.5, 0.6) is 0 Å². The molecule has 1 aromatic heterocycles. The number of aryl methyl sites for hydroxylation is 1. The molecule has 1 aromatic carbocycles. The van der Waals surface area contributed by atoms with E-state index in [1.54, 1.807) is 16.7 Å². The number of para-hydroxylation sites is 1. The van der Waals surface area contributed by atoms with Gasteiger partial charge in [0.25, 0.3) is 0 Å². The van der Waals surface area contributed by atoms with Gasteiger partial charge in [-0.2, -0.15) is 0 Å². The Morgan fingerprint density at radius 2 is 2.25 bits per heavy atom. The normalized spacial score (nSPS) is 10.6. The summed E-state index contributed by atoms with van der Waals surface area (Å²) in [5, 5.41) is 0. The van der Waals surface area contributed by atoms with Crippen LogP contribution < -0.4 is 4.87 Å². The van der Waals surface area contributed by atoms with Crippen molar-refractivity contribution in [2.45, 2.75) is 13.5 Å². The third-order valence-corrected chi connectivity index (χ3v) is 3.35. The van der Waals surface area contributed by atoms with E-state index in [1.165, 1.54) is 7.11 Å². The second kappa shape index (κ2) is 4.09. The maximum Gasteiger partial charge on any atom is 0.340 e. The van der Waals surface area contributed by atoms with Crippen LogP contribution in [0, 0.1) is 0 Å². The molecule has 2 aromatic rings. The highest BCUT2D eigenvalue weighted by Gasteiger charge is 2.15. The Kier molecular flexibility index (Phi) is 2.78. The molecule has 0 aliphatic rings. The number of thiazole rings is 1. The predicted octanol–water partition coefficient (Wildman–Crippen LogP) is 1.87. The fourth-order valence-corrected chi connectivity index (χ4v) is 2.67. The van der Waals surface area contributed by atoms with Crippen LogP contribution >= 0.6 is 11.3 Å². The first-order valence-electron chi connectivity index (χ1n) is 4.89. The summed E-state index contributed by atoms with van der Waals surface area (Å²) < 4.78 is 7.11. The van der Waals surface area contributed by atoms with Crippen molar-refractivity contribution in [3.05, 3.63) is 33.4 Å². The van der Waals surface area contributed by atoms with E-state index < -0.39 is 5.97 Å². The van der Waals surface area contributed by atoms with Crippen molar-refractivity contribution in [3.8, 4) is 0 Å². The van der Waals surface area contributed by atoms with Crippen molar-refractivity contribution in [2.24, 2.45) is 0 Å². The molecule has 0 saturated heterocycles. The number of methoxy groups -OCH3 is 1. The topological polar surface area (TPSA) is 48.3 Å². The van der Waals surface area contributed by atoms with Crippen molar-refractivity contribution in [1.82, 2.24) is 4.57 Å². The van der Waals surface area contributed by atoms with Crippen LogP contribution in [0.4, 0.5) is 0 Å². The number of carbonyl (C=O) groups is 1. The van der Waals surface area contributed by atoms with Gasteiger partial charge in [0.15, 0.2) is 0 Å². The quantitative estimate of drug-likeness (QED) is 0.749. The lowest BCUT2D eigenvalue weighted by molar-refractivity contribution is 0.0602. The van der Waals surface area contributed by atoms with E-state index in [1.807, 2.05) is 13.0 Å². The summed E-state index contributed by atoms with van der Waals surface area (Å²) in [4.78, 5) is 23.2. The number of nitrogens with zero attached hydrogens (tertiary/aromatic N) is 1. The number of carbonyl (C=O) groups excluding carboxylic acids is 1. The van der Waals surface area contributed by atoms with Gasteiger partial charge in [0.05, 0.1) is 22.9 Å². The first kappa shape index (κ1) is 10.9. The summed E-state index contributed by atoms with van der Waals surface area (Å²) in [5.41, 5.74) is 1.12. The Morgan fingerprint density at radius 1 is 1.50 bits per heavy atom. The van der Waals surface area contributed by atoms with Gasteiger partial charge < -0.3 is 4.74 Å². The van der Waals surface area contributed by atoms with E-state index in [2.05, 4.69) is 0 Å². The Hall–Kier alpha value is -1.62. The van der Waals surface area contributed by atoms with Gasteiger partial charge in [-0.15, -0.1) is 0 Å². The fourth-order valence-electron chi connectivity index (χ4n) is 1.69. The van der Waals surface area contributed by atoms with Crippen molar-refractivity contribution in [3.63, 3.8) is 0 Å². The fraction of sp³-hybridized carbons (Fsp3) is 0.273. The minimum absolute atomic E-state index is 0.0474. The van der Waals surface area contributed by atoms with Crippen LogP contribution in [0.3, 0.4) is 0 Å². The largest absolute Gasteiger partial charge is 0.465 e. The number of benzene rings is 1. The minimum Gasteiger partial charge on any atom is -0.465 e. The van der Waals surface area contributed by atoms with Crippen molar-refractivity contribution in [1.29, 1.82) is 0 Å². The van der Waals surface area contributed by atoms with Gasteiger partial charge in [0.1, 0.15) is 0 Å². The molecule has 0 fully saturated rings. The third kappa shape index (κ3) is 1.53. The van der Waals surface area contributed by atoms with Gasteiger partial charge in [-0.1, -0.05) is 17.4 Å². The average molecular weight is 237 g/mol. The first-order valence-corrected chi connectivity index (χ1v) is 5.71. The van der Waals surface area contributed by atoms with E-state index in [0.29, 0.717) is 17.6 Å². The van der Waals surface area contributed by atoms with Gasteiger partial charge in [-0.25, -0.2) is 4.79 Å². The van der Waals surface area contributed by atoms with E-state index in [0.717, 1.165) is 16.0 Å². The molecule has 0 N–H and O–H groups in total. The molecule has 16 heavy (non-hydrogen) atoms. The molecule has 4 nitrogen and oxygen atoms in total. The highest BCUT2D eigenvalue weighted by molar-refractivity contribution is 7.16. The second-order valence-corrected chi connectivity index (χ2v) is 4.25. The zero-order valence-electron chi connectivity index (χ0n) is 9.02. The van der Waals surface area contributed by atoms with Crippen molar-refractivity contribution >= 4 is 27.5 Å². The van der Waals surface area contributed by atoms with Crippen LogP contribution in [0.1, 0.15) is 17.3 Å². The van der Waals surface area contributed by atoms with Crippen LogP contribution in [0.2, 0.25) is 0 Å². The summed E-state index contributed by atoms with van der Waals surface area (Å²) in [6.07, 6.45) is 0. The number of hydrogen-bond acceptors (Lipinski definition) is 4. The predicted molar refractivity (Wildman–Crippen MR) is 63.1 cm³/mol. The van der Waals surface area contributed by atoms with Crippen LogP contribution in [-0.2, 0) is 11.3 Å². The molecule has 0 aliphatic heterocycles. The Labute approximate surface area is 96.1 Å². The van der Waals surface area contributed by atoms with E-state index in [9.17, 15) is 9.59 Å². The maximum atomic E-state index is 11.7. The third-order valence-electron chi connectivity index (χ3n) is 2.41. The molecular formula is C11H11NO3S. The summed E-state index contributed by atoms with van der Waals surface area (Å²) in [6, 6.07) is 5.26. The lowest BCUT2D eigenvalue weighted by Crippen LogP contribution is -2.13. The van der Waals surface area contributed by atoms with Crippen molar-refractivity contribution < 1.29 is 9.53 Å². The molecule has 0 atom stereocenters. The number of hydrogen-bond donors (Lipinski definition) is 0. The standard InChI is InChI=1S/C11H11NO3S/c1-3-12-9-7(10(13)15-2)5-4-6-8(9)16-11(12)14/h4-6H,3H2,1-2H3. The number of esters is 1. The first-order chi connectivity index (χ1) is 7.69. The summed E-state index contributed by atoms with van der Waals surface area (Å²) in [7, 11) is 1.34. The molecule has 0 bridgehead atoms. The van der Waals surface area contributed by atoms with Crippen LogP contribution in [-0.4, -0.2) is 17.6 Å². The summed E-state index contributed by atoms with van der Waals surface area (Å²) >= 11 is 1.15. The summed E-state index contributed by atoms with van der Waals surface area (Å²) in [6.45, 7) is 2.43. The molecule has 0 unspecified atom stereocenters. The molecule has 0 saturated carbocycles. The van der Waals surface area contributed by atoms with Gasteiger partial charge in [-0.05, 0) is 19.1 Å². The van der Waals surface area contributed by atoms with Crippen LogP contribution in [0.15, 0.2) is 23.0 Å². The molecule has 0 radical (unpaired) electrons. The van der Waals surface area contributed by atoms with Gasteiger partial charge in [0.2, 0.25) is 0 Å². The zero-order valence-corrected chi connectivity index (χ0v) is 9.84. The van der Waals surface area contributed by atoms with Crippen LogP contribution in [0.25, 0.3) is 10.2 Å². The Bertz CT molecular complexity index is 597. The monoisotopic (exact) mass is 237 g/mol. The number of ether oxygens (including phenoxy) is 1. The van der Waals surface area contributed by atoms with E-state index in [-0.39, 0.29) is 4.87 Å². The van der Waals surface area contributed by atoms with Gasteiger partial charge in [0, 0.05) is 6.54 Å². The molecule has 2 rings (SSSR count). The SMILES string of the molecule is CCn1c(=O)sc2cccc(C(=O)OC)c21. The second-order valence-electron chi connectivity index (χ2n) is 3.26. The Balaban J connectivity index is 2.84. The number of rotatable bonds is 2. The molecule has 1 heterocycles. The molecular weight excluding hydrogens is 226 g/mol. The zero-order chi connectivity index (χ0) is 11.7. The summed E-state index contributed by atoms with van der Waals surface area (Å²) in [5.74, 6) is -0.411. The molecule has 5 heteroatoms. The minimum atomic E-state index is -0.411. The number of aromatic nitrogens is 1. The Morgan fingerprint density at radius 3 is 2.88 bits per heavy atom. The average Bonchev–Trinajstić information content (AvgIpc) is 2.63. The van der Waals surface area contributed by atoms with E-state index >= 15 is 0 Å². The van der Waals surface area contributed by atoms with Gasteiger partial charge in [-0.3, -0.25) is 9.36 Å². The van der Waals surface area contributed by atoms with E-state index in [4.69, 9.17) is 4.74 Å². The molecule has 0 spiro atoms. The molecule has 0 amide bonds. The maximum absolute atomic E-state index is 11.7. The highest BCUT2D eigenvalue weighted by atomic mass is 32.1. The van der Waals surface area contributed by atoms with Gasteiger partial charge >= 0.3 is 10.8 Å². The smallest absolute Gasteiger partial charge is 0.340 e. The molecule has 0 aliphatic carbocycles. The lowest BCUT2D eigenvalue weighted by Gasteiger charge is -2.04. The number of fused-ring (bicyclic) bond motifs is 1.